The van der Waals surface area contributed by atoms with Gasteiger partial charge >= 0.3 is 6.18 Å². The van der Waals surface area contributed by atoms with Gasteiger partial charge in [0.05, 0.1) is 43.6 Å². The van der Waals surface area contributed by atoms with E-state index in [0.717, 1.165) is 12.4 Å². The molecule has 1 amide bonds. The molecule has 11 heteroatoms. The largest absolute Gasteiger partial charge is 0.416 e. The highest BCUT2D eigenvalue weighted by molar-refractivity contribution is 6.10. The molecule has 0 radical (unpaired) electrons. The van der Waals surface area contributed by atoms with Crippen LogP contribution in [0.3, 0.4) is 0 Å². The number of ether oxygens (including phenoxy) is 1. The molecule has 210 valence electrons. The summed E-state index contributed by atoms with van der Waals surface area (Å²) in [6, 6.07) is 9.43. The fourth-order valence-electron chi connectivity index (χ4n) is 5.76. The zero-order valence-electron chi connectivity index (χ0n) is 21.7. The molecular weight excluding hydrogens is 516 g/mol. The Hall–Kier alpha value is -3.02. The number of fused-ring (bicyclic) bond motifs is 1. The molecule has 7 nitrogen and oxygen atoms in total. The average molecular weight is 549 g/mol. The Morgan fingerprint density at radius 2 is 2.00 bits per heavy atom. The van der Waals surface area contributed by atoms with Crippen molar-refractivity contribution in [3.63, 3.8) is 0 Å². The molecule has 0 aliphatic carbocycles. The minimum Gasteiger partial charge on any atom is -0.396 e. The van der Waals surface area contributed by atoms with Crippen molar-refractivity contribution >= 4 is 17.9 Å². The van der Waals surface area contributed by atoms with Gasteiger partial charge in [-0.25, -0.2) is 4.39 Å². The van der Waals surface area contributed by atoms with E-state index < -0.39 is 29.2 Å². The Morgan fingerprint density at radius 1 is 1.26 bits per heavy atom. The van der Waals surface area contributed by atoms with Crippen LogP contribution in [0.5, 0.6) is 0 Å². The lowest BCUT2D eigenvalue weighted by Crippen LogP contribution is -2.56. The predicted molar refractivity (Wildman–Crippen MR) is 138 cm³/mol. The molecule has 3 heterocycles. The van der Waals surface area contributed by atoms with E-state index in [9.17, 15) is 18.0 Å². The number of nitrogens with one attached hydrogen (secondary N) is 1. The van der Waals surface area contributed by atoms with Crippen LogP contribution < -0.4 is 4.90 Å². The van der Waals surface area contributed by atoms with Gasteiger partial charge in [-0.3, -0.25) is 15.1 Å². The van der Waals surface area contributed by atoms with Crippen molar-refractivity contribution < 1.29 is 32.2 Å². The maximum absolute atomic E-state index is 15.4. The van der Waals surface area contributed by atoms with Gasteiger partial charge in [-0.05, 0) is 53.3 Å². The Morgan fingerprint density at radius 3 is 2.62 bits per heavy atom. The molecule has 0 saturated carbocycles. The SMILES string of the molecule is CN(C=N)CC(F)C1(c2cccc(N3Cc4c(cc(CN5CC(CCO)C5)cc4C(F)(F)F)C3=O)c2)COC1. The van der Waals surface area contributed by atoms with E-state index in [4.69, 9.17) is 15.3 Å². The molecule has 3 aliphatic heterocycles. The van der Waals surface area contributed by atoms with Crippen LogP contribution in [0.25, 0.3) is 0 Å². The number of aliphatic hydroxyl groups excluding tert-OH is 1. The molecule has 0 bridgehead atoms. The Kier molecular flexibility index (Phi) is 7.43. The molecule has 5 rings (SSSR count). The van der Waals surface area contributed by atoms with Gasteiger partial charge in [-0.1, -0.05) is 12.1 Å². The summed E-state index contributed by atoms with van der Waals surface area (Å²) in [6.45, 7) is 1.80. The third-order valence-electron chi connectivity index (χ3n) is 8.10. The number of aliphatic hydroxyl groups is 1. The van der Waals surface area contributed by atoms with Gasteiger partial charge in [0.25, 0.3) is 5.91 Å². The lowest BCUT2D eigenvalue weighted by Gasteiger charge is -2.45. The summed E-state index contributed by atoms with van der Waals surface area (Å²) in [6.07, 6.45) is -4.27. The van der Waals surface area contributed by atoms with Crippen LogP contribution in [0.15, 0.2) is 36.4 Å². The summed E-state index contributed by atoms with van der Waals surface area (Å²) in [5.41, 5.74) is -0.357. The number of halogens is 4. The summed E-state index contributed by atoms with van der Waals surface area (Å²) in [4.78, 5) is 18.2. The lowest BCUT2D eigenvalue weighted by molar-refractivity contribution is -0.138. The first-order valence-electron chi connectivity index (χ1n) is 13.0. The van der Waals surface area contributed by atoms with Gasteiger partial charge in [-0.2, -0.15) is 13.2 Å². The summed E-state index contributed by atoms with van der Waals surface area (Å²) in [5, 5.41) is 16.4. The van der Waals surface area contributed by atoms with E-state index in [2.05, 4.69) is 0 Å². The first-order chi connectivity index (χ1) is 18.6. The van der Waals surface area contributed by atoms with E-state index in [1.165, 1.54) is 9.80 Å². The van der Waals surface area contributed by atoms with Crippen LogP contribution in [0.1, 0.15) is 39.0 Å². The third-order valence-corrected chi connectivity index (χ3v) is 8.10. The lowest BCUT2D eigenvalue weighted by atomic mass is 9.74. The number of rotatable bonds is 10. The molecule has 2 aromatic carbocycles. The highest BCUT2D eigenvalue weighted by Crippen LogP contribution is 2.42. The Bertz CT molecular complexity index is 1240. The Balaban J connectivity index is 1.42. The number of hydrogen-bond donors (Lipinski definition) is 2. The molecule has 2 saturated heterocycles. The highest BCUT2D eigenvalue weighted by Gasteiger charge is 2.49. The number of hydrogen-bond acceptors (Lipinski definition) is 5. The van der Waals surface area contributed by atoms with Gasteiger partial charge in [0.1, 0.15) is 6.17 Å². The molecule has 1 atom stereocenters. The normalized spacial score (nSPS) is 19.8. The van der Waals surface area contributed by atoms with E-state index in [-0.39, 0.29) is 44.0 Å². The van der Waals surface area contributed by atoms with Crippen LogP contribution in [0.4, 0.5) is 23.2 Å². The van der Waals surface area contributed by atoms with E-state index in [0.29, 0.717) is 48.8 Å². The van der Waals surface area contributed by atoms with Crippen LogP contribution in [0, 0.1) is 11.3 Å². The van der Waals surface area contributed by atoms with Crippen molar-refractivity contribution in [1.82, 2.24) is 9.80 Å². The maximum atomic E-state index is 15.4. The number of carbonyl (C=O) groups excluding carboxylic acids is 1. The van der Waals surface area contributed by atoms with Gasteiger partial charge in [-0.15, -0.1) is 0 Å². The smallest absolute Gasteiger partial charge is 0.396 e. The zero-order valence-corrected chi connectivity index (χ0v) is 21.7. The van der Waals surface area contributed by atoms with Crippen molar-refractivity contribution in [2.45, 2.75) is 37.3 Å². The number of carbonyl (C=O) groups is 1. The number of anilines is 1. The first-order valence-corrected chi connectivity index (χ1v) is 13.0. The molecular formula is C28H32F4N4O3. The third kappa shape index (κ3) is 5.15. The summed E-state index contributed by atoms with van der Waals surface area (Å²) in [7, 11) is 1.60. The molecule has 3 aliphatic rings. The van der Waals surface area contributed by atoms with Gasteiger partial charge < -0.3 is 19.6 Å². The monoisotopic (exact) mass is 548 g/mol. The molecule has 39 heavy (non-hydrogen) atoms. The van der Waals surface area contributed by atoms with Gasteiger partial charge in [0.15, 0.2) is 0 Å². The zero-order chi connectivity index (χ0) is 27.9. The molecule has 2 aromatic rings. The topological polar surface area (TPSA) is 80.1 Å². The fraction of sp³-hybridized carbons (Fsp3) is 0.500. The standard InChI is InChI=1S/C28H32F4N4O3/c1-34(17-33)14-25(29)27(15-39-16-27)20-3-2-4-21(9-20)36-13-23-22(26(36)38)7-19(8-24(23)28(30,31)32)12-35-10-18(11-35)5-6-37/h2-4,7-9,17-18,25,33,37H,5-6,10-16H2,1H3. The van der Waals surface area contributed by atoms with Crippen molar-refractivity contribution in [2.24, 2.45) is 5.92 Å². The minimum atomic E-state index is -4.62. The van der Waals surface area contributed by atoms with Crippen LogP contribution >= 0.6 is 0 Å². The predicted octanol–water partition coefficient (Wildman–Crippen LogP) is 3.82. The average Bonchev–Trinajstić information content (AvgIpc) is 3.17. The van der Waals surface area contributed by atoms with Crippen molar-refractivity contribution in [2.75, 3.05) is 51.4 Å². The fourth-order valence-corrected chi connectivity index (χ4v) is 5.76. The van der Waals surface area contributed by atoms with E-state index in [1.807, 2.05) is 4.90 Å². The molecule has 0 aromatic heterocycles. The van der Waals surface area contributed by atoms with Crippen molar-refractivity contribution in [1.29, 1.82) is 5.41 Å². The maximum Gasteiger partial charge on any atom is 0.416 e. The summed E-state index contributed by atoms with van der Waals surface area (Å²) >= 11 is 0. The van der Waals surface area contributed by atoms with Crippen LogP contribution in [-0.4, -0.2) is 79.8 Å². The van der Waals surface area contributed by atoms with E-state index >= 15 is 4.39 Å². The number of alkyl halides is 4. The van der Waals surface area contributed by atoms with Crippen LogP contribution in [-0.2, 0) is 29.4 Å². The number of amides is 1. The van der Waals surface area contributed by atoms with Crippen molar-refractivity contribution in [3.8, 4) is 0 Å². The van der Waals surface area contributed by atoms with Gasteiger partial charge in [0.2, 0.25) is 0 Å². The van der Waals surface area contributed by atoms with E-state index in [1.54, 1.807) is 37.4 Å². The second-order valence-electron chi connectivity index (χ2n) is 10.9. The second-order valence-corrected chi connectivity index (χ2v) is 10.9. The molecule has 2 fully saturated rings. The molecule has 0 spiro atoms. The summed E-state index contributed by atoms with van der Waals surface area (Å²) < 4.78 is 63.1. The first kappa shape index (κ1) is 27.5. The highest BCUT2D eigenvalue weighted by atomic mass is 19.4. The number of nitrogens with zero attached hydrogens (tertiary/aromatic N) is 3. The Labute approximate surface area is 224 Å². The summed E-state index contributed by atoms with van der Waals surface area (Å²) in [5.74, 6) is -0.190. The van der Waals surface area contributed by atoms with Gasteiger partial charge in [0, 0.05) is 44.5 Å². The number of benzene rings is 2. The number of likely N-dealkylation sites (tertiary alicyclic amines) is 1. The minimum absolute atomic E-state index is 0.0132. The molecule has 1 unspecified atom stereocenters. The second kappa shape index (κ2) is 10.5. The quantitative estimate of drug-likeness (QED) is 0.268. The van der Waals surface area contributed by atoms with Crippen LogP contribution in [0.2, 0.25) is 0 Å². The molecule has 2 N–H and O–H groups in total. The van der Waals surface area contributed by atoms with Crippen molar-refractivity contribution in [3.05, 3.63) is 64.2 Å².